The Morgan fingerprint density at radius 1 is 0.757 bits per heavy atom. The zero-order valence-electron chi connectivity index (χ0n) is 19.7. The van der Waals surface area contributed by atoms with Gasteiger partial charge in [0.25, 0.3) is 11.2 Å². The van der Waals surface area contributed by atoms with Crippen molar-refractivity contribution in [1.29, 1.82) is 0 Å². The molecule has 214 valence electrons. The van der Waals surface area contributed by atoms with Crippen LogP contribution in [0.3, 0.4) is 0 Å². The molecule has 1 N–H and O–H groups in total. The molecule has 1 fully saturated rings. The number of alkyl halides is 12. The van der Waals surface area contributed by atoms with Gasteiger partial charge in [-0.3, -0.25) is 0 Å². The number of hydrogen-bond donors (Lipinski definition) is 1. The van der Waals surface area contributed by atoms with Crippen LogP contribution >= 0.6 is 0 Å². The Balaban J connectivity index is 2.92. The standard InChI is InChI=1S/C23H26F12O2/c1-3-13(2)15-9-16(18(36,20(24,25)26)21(27,28)29)11-17(10-15)19(22(30,31)32,23(33,34)35)37-12-14-7-5-4-6-8-14/h9-11,13-14,36H,3-8,12H2,1-2H3. The number of hydrogen-bond acceptors (Lipinski definition) is 2. The first-order valence-corrected chi connectivity index (χ1v) is 11.4. The molecule has 1 aromatic rings. The zero-order chi connectivity index (χ0) is 28.7. The van der Waals surface area contributed by atoms with E-state index in [0.717, 1.165) is 0 Å². The fourth-order valence-corrected chi connectivity index (χ4v) is 4.40. The lowest BCUT2D eigenvalue weighted by Crippen LogP contribution is -2.57. The van der Waals surface area contributed by atoms with Crippen molar-refractivity contribution in [3.63, 3.8) is 0 Å². The first-order chi connectivity index (χ1) is 16.6. The average Bonchev–Trinajstić information content (AvgIpc) is 2.75. The van der Waals surface area contributed by atoms with Crippen molar-refractivity contribution in [3.05, 3.63) is 34.9 Å². The van der Waals surface area contributed by atoms with Crippen LogP contribution in [0.2, 0.25) is 0 Å². The lowest BCUT2D eigenvalue weighted by Gasteiger charge is -2.40. The molecule has 1 aliphatic rings. The Hall–Kier alpha value is -1.70. The fourth-order valence-electron chi connectivity index (χ4n) is 4.40. The van der Waals surface area contributed by atoms with E-state index in [1.165, 1.54) is 13.8 Å². The lowest BCUT2D eigenvalue weighted by atomic mass is 9.81. The SMILES string of the molecule is CCC(C)c1cc(C(O)(C(F)(F)F)C(F)(F)F)cc(C(OCC2CCCCC2)(C(F)(F)F)C(F)(F)F)c1. The minimum absolute atomic E-state index is 0.0622. The predicted molar refractivity (Wildman–Crippen MR) is 107 cm³/mol. The summed E-state index contributed by atoms with van der Waals surface area (Å²) in [5.41, 5.74) is -15.9. The largest absolute Gasteiger partial charge is 0.430 e. The molecule has 1 atom stereocenters. The number of ether oxygens (including phenoxy) is 1. The smallest absolute Gasteiger partial charge is 0.369 e. The molecule has 1 aliphatic carbocycles. The van der Waals surface area contributed by atoms with Gasteiger partial charge < -0.3 is 9.84 Å². The van der Waals surface area contributed by atoms with Gasteiger partial charge in [0.1, 0.15) is 0 Å². The third-order valence-electron chi connectivity index (χ3n) is 6.84. The number of rotatable bonds is 7. The van der Waals surface area contributed by atoms with Crippen molar-refractivity contribution in [2.24, 2.45) is 5.92 Å². The van der Waals surface area contributed by atoms with Gasteiger partial charge in [0.2, 0.25) is 0 Å². The van der Waals surface area contributed by atoms with Crippen LogP contribution in [0.4, 0.5) is 52.7 Å². The highest BCUT2D eigenvalue weighted by atomic mass is 19.4. The van der Waals surface area contributed by atoms with Crippen LogP contribution in [0.1, 0.15) is 75.0 Å². The van der Waals surface area contributed by atoms with Crippen molar-refractivity contribution < 1.29 is 62.5 Å². The molecule has 37 heavy (non-hydrogen) atoms. The van der Waals surface area contributed by atoms with Gasteiger partial charge in [-0.2, -0.15) is 52.7 Å². The van der Waals surface area contributed by atoms with E-state index in [9.17, 15) is 57.8 Å². The van der Waals surface area contributed by atoms with E-state index in [4.69, 9.17) is 0 Å². The first kappa shape index (κ1) is 31.5. The Kier molecular flexibility index (Phi) is 8.91. The predicted octanol–water partition coefficient (Wildman–Crippen LogP) is 8.43. The maximum absolute atomic E-state index is 14.3. The van der Waals surface area contributed by atoms with Crippen LogP contribution < -0.4 is 0 Å². The van der Waals surface area contributed by atoms with Crippen molar-refractivity contribution >= 4 is 0 Å². The summed E-state index contributed by atoms with van der Waals surface area (Å²) >= 11 is 0. The second kappa shape index (κ2) is 10.5. The highest BCUT2D eigenvalue weighted by molar-refractivity contribution is 5.41. The minimum Gasteiger partial charge on any atom is -0.369 e. The quantitative estimate of drug-likeness (QED) is 0.338. The Morgan fingerprint density at radius 3 is 1.62 bits per heavy atom. The van der Waals surface area contributed by atoms with Crippen molar-refractivity contribution in [2.75, 3.05) is 6.61 Å². The van der Waals surface area contributed by atoms with Gasteiger partial charge in [-0.05, 0) is 42.7 Å². The summed E-state index contributed by atoms with van der Waals surface area (Å²) < 4.78 is 171. The molecule has 0 saturated heterocycles. The van der Waals surface area contributed by atoms with Crippen LogP contribution in [0.5, 0.6) is 0 Å². The monoisotopic (exact) mass is 562 g/mol. The Morgan fingerprint density at radius 2 is 1.22 bits per heavy atom. The molecule has 0 aromatic heterocycles. The third kappa shape index (κ3) is 5.84. The molecule has 14 heteroatoms. The summed E-state index contributed by atoms with van der Waals surface area (Å²) in [5.74, 6) is -1.79. The highest BCUT2D eigenvalue weighted by Gasteiger charge is 2.75. The van der Waals surface area contributed by atoms with Gasteiger partial charge in [-0.15, -0.1) is 0 Å². The van der Waals surface area contributed by atoms with E-state index >= 15 is 0 Å². The molecule has 1 saturated carbocycles. The summed E-state index contributed by atoms with van der Waals surface area (Å²) in [7, 11) is 0. The van der Waals surface area contributed by atoms with Crippen molar-refractivity contribution in [1.82, 2.24) is 0 Å². The topological polar surface area (TPSA) is 29.5 Å². The van der Waals surface area contributed by atoms with Gasteiger partial charge in [0.15, 0.2) is 0 Å². The second-order valence-electron chi connectivity index (χ2n) is 9.35. The molecular weight excluding hydrogens is 536 g/mol. The molecule has 1 aromatic carbocycles. The maximum Gasteiger partial charge on any atom is 0.430 e. The van der Waals surface area contributed by atoms with E-state index in [1.54, 1.807) is 0 Å². The first-order valence-electron chi connectivity index (χ1n) is 11.4. The van der Waals surface area contributed by atoms with Crippen LogP contribution in [-0.2, 0) is 15.9 Å². The molecule has 1 unspecified atom stereocenters. The van der Waals surface area contributed by atoms with Gasteiger partial charge >= 0.3 is 24.7 Å². The van der Waals surface area contributed by atoms with E-state index in [1.807, 2.05) is 0 Å². The highest BCUT2D eigenvalue weighted by Crippen LogP contribution is 2.56. The second-order valence-corrected chi connectivity index (χ2v) is 9.35. The summed E-state index contributed by atoms with van der Waals surface area (Å²) in [6.45, 7) is 1.48. The van der Waals surface area contributed by atoms with Crippen LogP contribution in [0.15, 0.2) is 18.2 Å². The van der Waals surface area contributed by atoms with E-state index in [0.29, 0.717) is 19.3 Å². The molecule has 0 aliphatic heterocycles. The molecule has 0 spiro atoms. The summed E-state index contributed by atoms with van der Waals surface area (Å²) in [4.78, 5) is 0. The number of aliphatic hydroxyl groups is 1. The summed E-state index contributed by atoms with van der Waals surface area (Å²) in [6.07, 6.45) is -23.6. The molecule has 0 bridgehead atoms. The molecule has 2 rings (SSSR count). The number of halogens is 12. The van der Waals surface area contributed by atoms with Crippen LogP contribution in [0.25, 0.3) is 0 Å². The van der Waals surface area contributed by atoms with E-state index in [2.05, 4.69) is 4.74 Å². The van der Waals surface area contributed by atoms with Crippen molar-refractivity contribution in [3.8, 4) is 0 Å². The zero-order valence-corrected chi connectivity index (χ0v) is 19.7. The summed E-state index contributed by atoms with van der Waals surface area (Å²) in [5, 5.41) is 9.81. The summed E-state index contributed by atoms with van der Waals surface area (Å²) in [6, 6.07) is -0.196. The minimum atomic E-state index is -6.53. The molecule has 0 heterocycles. The third-order valence-corrected chi connectivity index (χ3v) is 6.84. The number of benzene rings is 1. The molecule has 2 nitrogen and oxygen atoms in total. The van der Waals surface area contributed by atoms with Gasteiger partial charge in [0, 0.05) is 11.1 Å². The lowest BCUT2D eigenvalue weighted by molar-refractivity contribution is -0.391. The Labute approximate surface area is 205 Å². The average molecular weight is 562 g/mol. The van der Waals surface area contributed by atoms with Crippen LogP contribution in [-0.4, -0.2) is 36.4 Å². The van der Waals surface area contributed by atoms with Gasteiger partial charge in [0.05, 0.1) is 6.61 Å². The molecule has 0 radical (unpaired) electrons. The fraction of sp³-hybridized carbons (Fsp3) is 0.739. The Bertz CT molecular complexity index is 880. The van der Waals surface area contributed by atoms with Gasteiger partial charge in [-0.1, -0.05) is 45.2 Å². The van der Waals surface area contributed by atoms with Crippen LogP contribution in [0, 0.1) is 5.92 Å². The van der Waals surface area contributed by atoms with Gasteiger partial charge in [-0.25, -0.2) is 0 Å². The van der Waals surface area contributed by atoms with Crippen molar-refractivity contribution in [2.45, 2.75) is 94.2 Å². The molecule has 0 amide bonds. The van der Waals surface area contributed by atoms with E-state index < -0.39 is 77.1 Å². The molecular formula is C23H26F12O2. The van der Waals surface area contributed by atoms with E-state index in [-0.39, 0.29) is 31.4 Å². The normalized spacial score (nSPS) is 18.2. The maximum atomic E-state index is 14.3.